The van der Waals surface area contributed by atoms with Crippen molar-refractivity contribution in [2.75, 3.05) is 11.1 Å². The molecule has 3 aromatic carbocycles. The summed E-state index contributed by atoms with van der Waals surface area (Å²) in [4.78, 5) is 21.1. The van der Waals surface area contributed by atoms with Crippen LogP contribution >= 0.6 is 11.8 Å². The molecule has 0 spiro atoms. The smallest absolute Gasteiger partial charge is 0.234 e. The number of carbonyl (C=O) groups excluding carboxylic acids is 1. The molecule has 1 amide bonds. The zero-order valence-electron chi connectivity index (χ0n) is 14.5. The van der Waals surface area contributed by atoms with Crippen LogP contribution in [0.5, 0.6) is 0 Å². The molecule has 0 saturated carbocycles. The van der Waals surface area contributed by atoms with Gasteiger partial charge in [0.1, 0.15) is 11.4 Å². The van der Waals surface area contributed by atoms with Crippen LogP contribution in [0.3, 0.4) is 0 Å². The summed E-state index contributed by atoms with van der Waals surface area (Å²) in [7, 11) is 0. The first-order valence-electron chi connectivity index (χ1n) is 8.58. The fourth-order valence-electron chi connectivity index (χ4n) is 2.88. The van der Waals surface area contributed by atoms with Crippen LogP contribution in [0.15, 0.2) is 90.2 Å². The quantitative estimate of drug-likeness (QED) is 0.395. The van der Waals surface area contributed by atoms with Crippen LogP contribution in [0.4, 0.5) is 5.69 Å². The SMILES string of the molecule is O=C(CSc1ncnc2ccccc12)Nc1ccccc1-c1ccccc1. The second-order valence-corrected chi connectivity index (χ2v) is 6.91. The highest BCUT2D eigenvalue weighted by atomic mass is 32.2. The molecule has 4 nitrogen and oxygen atoms in total. The molecule has 0 radical (unpaired) electrons. The zero-order chi connectivity index (χ0) is 18.5. The number of amides is 1. The summed E-state index contributed by atoms with van der Waals surface area (Å²) in [6.45, 7) is 0. The molecule has 5 heteroatoms. The molecule has 0 aliphatic carbocycles. The van der Waals surface area contributed by atoms with E-state index in [4.69, 9.17) is 0 Å². The van der Waals surface area contributed by atoms with Crippen LogP contribution in [0, 0.1) is 0 Å². The van der Waals surface area contributed by atoms with Crippen LogP contribution in [0.2, 0.25) is 0 Å². The van der Waals surface area contributed by atoms with Gasteiger partial charge in [-0.3, -0.25) is 4.79 Å². The van der Waals surface area contributed by atoms with Gasteiger partial charge in [-0.2, -0.15) is 0 Å². The summed E-state index contributed by atoms with van der Waals surface area (Å²) in [5.74, 6) is 0.218. The Labute approximate surface area is 161 Å². The maximum atomic E-state index is 12.5. The average molecular weight is 371 g/mol. The van der Waals surface area contributed by atoms with E-state index in [1.807, 2.05) is 78.9 Å². The van der Waals surface area contributed by atoms with Gasteiger partial charge < -0.3 is 5.32 Å². The molecular weight excluding hydrogens is 354 g/mol. The van der Waals surface area contributed by atoms with Crippen molar-refractivity contribution < 1.29 is 4.79 Å². The number of nitrogens with zero attached hydrogens (tertiary/aromatic N) is 2. The third-order valence-corrected chi connectivity index (χ3v) is 5.14. The predicted molar refractivity (Wildman–Crippen MR) is 111 cm³/mol. The summed E-state index contributed by atoms with van der Waals surface area (Å²) in [6, 6.07) is 25.7. The maximum absolute atomic E-state index is 12.5. The normalized spacial score (nSPS) is 10.7. The Kier molecular flexibility index (Phi) is 5.12. The molecule has 0 atom stereocenters. The topological polar surface area (TPSA) is 54.9 Å². The van der Waals surface area contributed by atoms with Crippen molar-refractivity contribution in [3.8, 4) is 11.1 Å². The highest BCUT2D eigenvalue weighted by Crippen LogP contribution is 2.28. The Morgan fingerprint density at radius 3 is 2.48 bits per heavy atom. The number of carbonyl (C=O) groups is 1. The average Bonchev–Trinajstić information content (AvgIpc) is 2.73. The van der Waals surface area contributed by atoms with E-state index >= 15 is 0 Å². The maximum Gasteiger partial charge on any atom is 0.234 e. The van der Waals surface area contributed by atoms with Crippen molar-refractivity contribution in [1.29, 1.82) is 0 Å². The van der Waals surface area contributed by atoms with Gasteiger partial charge in [-0.1, -0.05) is 78.5 Å². The standard InChI is InChI=1S/C22H17N3OS/c26-21(14-27-22-18-11-5-6-12-19(18)23-15-24-22)25-20-13-7-4-10-17(20)16-8-2-1-3-9-16/h1-13,15H,14H2,(H,25,26). The van der Waals surface area contributed by atoms with Crippen molar-refractivity contribution in [3.05, 3.63) is 85.2 Å². The fraction of sp³-hybridized carbons (Fsp3) is 0.0455. The van der Waals surface area contributed by atoms with Crippen LogP contribution < -0.4 is 5.32 Å². The Balaban J connectivity index is 1.49. The predicted octanol–water partition coefficient (Wildman–Crippen LogP) is 5.03. The highest BCUT2D eigenvalue weighted by molar-refractivity contribution is 8.00. The van der Waals surface area contributed by atoms with Crippen LogP contribution in [-0.4, -0.2) is 21.6 Å². The number of hydrogen-bond acceptors (Lipinski definition) is 4. The van der Waals surface area contributed by atoms with Gasteiger partial charge >= 0.3 is 0 Å². The molecular formula is C22H17N3OS. The largest absolute Gasteiger partial charge is 0.325 e. The Morgan fingerprint density at radius 1 is 0.852 bits per heavy atom. The minimum Gasteiger partial charge on any atom is -0.325 e. The number of fused-ring (bicyclic) bond motifs is 1. The van der Waals surface area contributed by atoms with Crippen molar-refractivity contribution in [3.63, 3.8) is 0 Å². The molecule has 0 saturated heterocycles. The van der Waals surface area contributed by atoms with Gasteiger partial charge in [0.25, 0.3) is 0 Å². The van der Waals surface area contributed by atoms with E-state index in [9.17, 15) is 4.79 Å². The molecule has 0 bridgehead atoms. The molecule has 1 heterocycles. The Morgan fingerprint density at radius 2 is 1.59 bits per heavy atom. The number of thioether (sulfide) groups is 1. The van der Waals surface area contributed by atoms with Gasteiger partial charge in [0.05, 0.1) is 11.3 Å². The lowest BCUT2D eigenvalue weighted by Gasteiger charge is -2.11. The third kappa shape index (κ3) is 3.99. The Bertz CT molecular complexity index is 1080. The lowest BCUT2D eigenvalue weighted by Crippen LogP contribution is -2.14. The second kappa shape index (κ2) is 8.01. The molecule has 1 N–H and O–H groups in total. The van der Waals surface area contributed by atoms with E-state index in [1.165, 1.54) is 18.1 Å². The lowest BCUT2D eigenvalue weighted by atomic mass is 10.0. The summed E-state index contributed by atoms with van der Waals surface area (Å²) < 4.78 is 0. The van der Waals surface area contributed by atoms with Crippen molar-refractivity contribution in [1.82, 2.24) is 9.97 Å². The van der Waals surface area contributed by atoms with E-state index in [-0.39, 0.29) is 11.7 Å². The molecule has 132 valence electrons. The van der Waals surface area contributed by atoms with Gasteiger partial charge in [-0.25, -0.2) is 9.97 Å². The van der Waals surface area contributed by atoms with E-state index in [2.05, 4.69) is 15.3 Å². The first-order valence-corrected chi connectivity index (χ1v) is 9.57. The molecule has 0 fully saturated rings. The number of anilines is 1. The van der Waals surface area contributed by atoms with Crippen molar-refractivity contribution in [2.45, 2.75) is 5.03 Å². The molecule has 0 aliphatic rings. The van der Waals surface area contributed by atoms with Crippen molar-refractivity contribution >= 4 is 34.3 Å². The number of rotatable bonds is 5. The lowest BCUT2D eigenvalue weighted by molar-refractivity contribution is -0.113. The number of aromatic nitrogens is 2. The first-order chi connectivity index (χ1) is 13.3. The minimum atomic E-state index is -0.0638. The zero-order valence-corrected chi connectivity index (χ0v) is 15.3. The molecule has 0 aliphatic heterocycles. The van der Waals surface area contributed by atoms with Gasteiger partial charge in [0.2, 0.25) is 5.91 Å². The number of hydrogen-bond donors (Lipinski definition) is 1. The molecule has 4 rings (SSSR count). The summed E-state index contributed by atoms with van der Waals surface area (Å²) >= 11 is 1.42. The van der Waals surface area contributed by atoms with E-state index in [0.29, 0.717) is 0 Å². The van der Waals surface area contributed by atoms with Gasteiger partial charge in [0, 0.05) is 16.6 Å². The van der Waals surface area contributed by atoms with Gasteiger partial charge in [-0.05, 0) is 17.7 Å². The first kappa shape index (κ1) is 17.2. The van der Waals surface area contributed by atoms with Crippen LogP contribution in [0.25, 0.3) is 22.0 Å². The highest BCUT2D eigenvalue weighted by Gasteiger charge is 2.10. The van der Waals surface area contributed by atoms with Gasteiger partial charge in [-0.15, -0.1) is 0 Å². The van der Waals surface area contributed by atoms with E-state index in [1.54, 1.807) is 0 Å². The van der Waals surface area contributed by atoms with Crippen molar-refractivity contribution in [2.24, 2.45) is 0 Å². The van der Waals surface area contributed by atoms with E-state index < -0.39 is 0 Å². The Hall–Kier alpha value is -3.18. The minimum absolute atomic E-state index is 0.0638. The number of para-hydroxylation sites is 2. The molecule has 4 aromatic rings. The third-order valence-electron chi connectivity index (χ3n) is 4.13. The van der Waals surface area contributed by atoms with Crippen LogP contribution in [0.1, 0.15) is 0 Å². The number of nitrogens with one attached hydrogen (secondary N) is 1. The summed E-state index contributed by atoms with van der Waals surface area (Å²) in [5, 5.41) is 4.80. The second-order valence-electron chi connectivity index (χ2n) is 5.94. The molecule has 1 aromatic heterocycles. The monoisotopic (exact) mass is 371 g/mol. The molecule has 27 heavy (non-hydrogen) atoms. The molecule has 0 unspecified atom stereocenters. The summed E-state index contributed by atoms with van der Waals surface area (Å²) in [5.41, 5.74) is 3.76. The number of benzene rings is 3. The summed E-state index contributed by atoms with van der Waals surface area (Å²) in [6.07, 6.45) is 1.53. The fourth-order valence-corrected chi connectivity index (χ4v) is 3.67. The van der Waals surface area contributed by atoms with Crippen LogP contribution in [-0.2, 0) is 4.79 Å². The van der Waals surface area contributed by atoms with Gasteiger partial charge in [0.15, 0.2) is 0 Å². The van der Waals surface area contributed by atoms with E-state index in [0.717, 1.165) is 32.7 Å².